The molecule has 0 spiro atoms. The van der Waals surface area contributed by atoms with E-state index < -0.39 is 10.0 Å². The lowest BCUT2D eigenvalue weighted by Crippen LogP contribution is -2.27. The van der Waals surface area contributed by atoms with Crippen molar-refractivity contribution in [3.8, 4) is 0 Å². The summed E-state index contributed by atoms with van der Waals surface area (Å²) in [6.07, 6.45) is 1.08. The number of carbonyl (C=O) groups is 1. The molecular formula is C18H22N2O3S. The van der Waals surface area contributed by atoms with Gasteiger partial charge in [-0.2, -0.15) is 0 Å². The van der Waals surface area contributed by atoms with Crippen LogP contribution in [0.2, 0.25) is 0 Å². The monoisotopic (exact) mass is 346 g/mol. The third-order valence-electron chi connectivity index (χ3n) is 3.69. The molecule has 128 valence electrons. The lowest BCUT2D eigenvalue weighted by atomic mass is 10.00. The number of hydrogen-bond acceptors (Lipinski definition) is 3. The second kappa shape index (κ2) is 7.05. The maximum Gasteiger partial charge on any atom is 0.251 e. The van der Waals surface area contributed by atoms with Crippen LogP contribution in [-0.4, -0.2) is 20.6 Å². The molecule has 0 saturated carbocycles. The van der Waals surface area contributed by atoms with Gasteiger partial charge in [0.15, 0.2) is 0 Å². The van der Waals surface area contributed by atoms with E-state index in [0.717, 1.165) is 17.4 Å². The number of hydrogen-bond donors (Lipinski definition) is 2. The highest BCUT2D eigenvalue weighted by molar-refractivity contribution is 7.92. The van der Waals surface area contributed by atoms with Gasteiger partial charge in [0.25, 0.3) is 5.91 Å². The van der Waals surface area contributed by atoms with Crippen molar-refractivity contribution in [1.82, 2.24) is 5.32 Å². The Hall–Kier alpha value is -2.34. The molecule has 24 heavy (non-hydrogen) atoms. The van der Waals surface area contributed by atoms with Gasteiger partial charge in [0.1, 0.15) is 0 Å². The van der Waals surface area contributed by atoms with Crippen molar-refractivity contribution in [3.63, 3.8) is 0 Å². The van der Waals surface area contributed by atoms with Gasteiger partial charge in [0, 0.05) is 11.3 Å². The molecule has 2 rings (SSSR count). The van der Waals surface area contributed by atoms with Crippen molar-refractivity contribution in [2.45, 2.75) is 26.8 Å². The molecule has 6 heteroatoms. The Labute approximate surface area is 143 Å². The van der Waals surface area contributed by atoms with Gasteiger partial charge < -0.3 is 5.32 Å². The predicted octanol–water partition coefficient (Wildman–Crippen LogP) is 3.17. The average molecular weight is 346 g/mol. The summed E-state index contributed by atoms with van der Waals surface area (Å²) in [5, 5.41) is 2.96. The Morgan fingerprint density at radius 3 is 2.21 bits per heavy atom. The van der Waals surface area contributed by atoms with Crippen molar-refractivity contribution in [2.75, 3.05) is 11.0 Å². The molecule has 0 radical (unpaired) electrons. The highest BCUT2D eigenvalue weighted by Crippen LogP contribution is 2.19. The first-order valence-corrected chi connectivity index (χ1v) is 9.51. The fourth-order valence-electron chi connectivity index (χ4n) is 2.57. The molecule has 0 heterocycles. The molecule has 0 aliphatic carbocycles. The van der Waals surface area contributed by atoms with E-state index in [0.29, 0.717) is 11.3 Å². The molecule has 2 N–H and O–H groups in total. The third kappa shape index (κ3) is 4.83. The number of nitrogens with one attached hydrogen (secondary N) is 2. The van der Waals surface area contributed by atoms with Gasteiger partial charge in [-0.15, -0.1) is 0 Å². The van der Waals surface area contributed by atoms with Crippen molar-refractivity contribution < 1.29 is 13.2 Å². The minimum atomic E-state index is -3.32. The van der Waals surface area contributed by atoms with Crippen LogP contribution in [0.5, 0.6) is 0 Å². The topological polar surface area (TPSA) is 75.3 Å². The zero-order chi connectivity index (χ0) is 17.9. The number of rotatable bonds is 5. The van der Waals surface area contributed by atoms with Gasteiger partial charge in [-0.1, -0.05) is 23.8 Å². The first-order chi connectivity index (χ1) is 11.2. The molecule has 0 fully saturated rings. The molecule has 2 aromatic rings. The summed E-state index contributed by atoms with van der Waals surface area (Å²) in [6.45, 7) is 6.00. The number of carbonyl (C=O) groups excluding carboxylic acids is 1. The molecule has 0 aromatic heterocycles. The molecule has 1 unspecified atom stereocenters. The molecule has 0 aliphatic rings. The van der Waals surface area contributed by atoms with Gasteiger partial charge in [-0.05, 0) is 56.2 Å². The van der Waals surface area contributed by atoms with Crippen LogP contribution >= 0.6 is 0 Å². The van der Waals surface area contributed by atoms with Crippen LogP contribution in [0.1, 0.15) is 40.0 Å². The summed E-state index contributed by atoms with van der Waals surface area (Å²) in [6, 6.07) is 12.3. The van der Waals surface area contributed by atoms with Crippen molar-refractivity contribution in [2.24, 2.45) is 0 Å². The lowest BCUT2D eigenvalue weighted by molar-refractivity contribution is 0.0940. The third-order valence-corrected chi connectivity index (χ3v) is 4.30. The largest absolute Gasteiger partial charge is 0.346 e. The van der Waals surface area contributed by atoms with Crippen LogP contribution in [-0.2, 0) is 10.0 Å². The summed E-state index contributed by atoms with van der Waals surface area (Å²) in [4.78, 5) is 12.4. The number of sulfonamides is 1. The smallest absolute Gasteiger partial charge is 0.251 e. The van der Waals surface area contributed by atoms with E-state index in [1.54, 1.807) is 24.3 Å². The van der Waals surface area contributed by atoms with E-state index in [-0.39, 0.29) is 11.9 Å². The predicted molar refractivity (Wildman–Crippen MR) is 96.7 cm³/mol. The van der Waals surface area contributed by atoms with Gasteiger partial charge in [0.2, 0.25) is 10.0 Å². The first kappa shape index (κ1) is 18.0. The second-order valence-electron chi connectivity index (χ2n) is 6.01. The zero-order valence-corrected chi connectivity index (χ0v) is 15.1. The van der Waals surface area contributed by atoms with E-state index in [2.05, 4.69) is 16.1 Å². The maximum atomic E-state index is 12.4. The zero-order valence-electron chi connectivity index (χ0n) is 14.3. The van der Waals surface area contributed by atoms with E-state index >= 15 is 0 Å². The Kier molecular flexibility index (Phi) is 5.29. The van der Waals surface area contributed by atoms with Gasteiger partial charge in [-0.25, -0.2) is 8.42 Å². The molecule has 5 nitrogen and oxygen atoms in total. The molecule has 0 bridgehead atoms. The van der Waals surface area contributed by atoms with E-state index in [4.69, 9.17) is 0 Å². The summed E-state index contributed by atoms with van der Waals surface area (Å²) in [7, 11) is -3.32. The minimum Gasteiger partial charge on any atom is -0.346 e. The lowest BCUT2D eigenvalue weighted by Gasteiger charge is -2.17. The highest BCUT2D eigenvalue weighted by atomic mass is 32.2. The number of anilines is 1. The summed E-state index contributed by atoms with van der Waals surface area (Å²) in [5.74, 6) is -0.201. The summed E-state index contributed by atoms with van der Waals surface area (Å²) >= 11 is 0. The van der Waals surface area contributed by atoms with E-state index in [9.17, 15) is 13.2 Å². The van der Waals surface area contributed by atoms with E-state index in [1.165, 1.54) is 5.56 Å². The SMILES string of the molecule is Cc1ccc(C(C)NC(=O)c2ccc(NS(C)(=O)=O)cc2)c(C)c1. The number of benzene rings is 2. The van der Waals surface area contributed by atoms with Crippen LogP contribution in [0.4, 0.5) is 5.69 Å². The molecule has 1 amide bonds. The van der Waals surface area contributed by atoms with Gasteiger partial charge in [0.05, 0.1) is 12.3 Å². The number of aryl methyl sites for hydroxylation is 2. The van der Waals surface area contributed by atoms with Crippen molar-refractivity contribution >= 4 is 21.6 Å². The highest BCUT2D eigenvalue weighted by Gasteiger charge is 2.13. The number of amides is 1. The minimum absolute atomic E-state index is 0.119. The normalized spacial score (nSPS) is 12.5. The maximum absolute atomic E-state index is 12.4. The van der Waals surface area contributed by atoms with Crippen LogP contribution in [0.3, 0.4) is 0 Å². The van der Waals surface area contributed by atoms with Crippen molar-refractivity contribution in [1.29, 1.82) is 0 Å². The van der Waals surface area contributed by atoms with Crippen molar-refractivity contribution in [3.05, 3.63) is 64.7 Å². The fourth-order valence-corrected chi connectivity index (χ4v) is 3.14. The molecular weight excluding hydrogens is 324 g/mol. The Morgan fingerprint density at radius 1 is 1.04 bits per heavy atom. The summed E-state index contributed by atoms with van der Waals surface area (Å²) < 4.78 is 24.7. The molecule has 0 aliphatic heterocycles. The fraction of sp³-hybridized carbons (Fsp3) is 0.278. The average Bonchev–Trinajstić information content (AvgIpc) is 2.45. The standard InChI is InChI=1S/C18H22N2O3S/c1-12-5-10-17(13(2)11-12)14(3)19-18(21)15-6-8-16(9-7-15)20-24(4,22)23/h5-11,14,20H,1-4H3,(H,19,21). The second-order valence-corrected chi connectivity index (χ2v) is 7.76. The summed E-state index contributed by atoms with van der Waals surface area (Å²) in [5.41, 5.74) is 4.30. The Morgan fingerprint density at radius 2 is 1.67 bits per heavy atom. The first-order valence-electron chi connectivity index (χ1n) is 7.61. The van der Waals surface area contributed by atoms with Crippen LogP contribution < -0.4 is 10.0 Å². The van der Waals surface area contributed by atoms with Crippen LogP contribution in [0.25, 0.3) is 0 Å². The molecule has 1 atom stereocenters. The Bertz CT molecular complexity index is 843. The van der Waals surface area contributed by atoms with Gasteiger partial charge in [-0.3, -0.25) is 9.52 Å². The van der Waals surface area contributed by atoms with E-state index in [1.807, 2.05) is 32.9 Å². The van der Waals surface area contributed by atoms with Gasteiger partial charge >= 0.3 is 0 Å². The quantitative estimate of drug-likeness (QED) is 0.873. The van der Waals surface area contributed by atoms with Crippen LogP contribution in [0, 0.1) is 13.8 Å². The molecule has 0 saturated heterocycles. The Balaban J connectivity index is 2.09. The van der Waals surface area contributed by atoms with Crippen LogP contribution in [0.15, 0.2) is 42.5 Å². The molecule has 2 aromatic carbocycles.